The smallest absolute Gasteiger partial charge is 0.303 e. The molecular formula is C11H15NO3. The molecule has 0 bridgehead atoms. The number of aryl methyl sites for hydroxylation is 1. The van der Waals surface area contributed by atoms with E-state index in [0.717, 1.165) is 17.7 Å². The Labute approximate surface area is 88.1 Å². The van der Waals surface area contributed by atoms with Crippen LogP contribution in [0.25, 0.3) is 0 Å². The van der Waals surface area contributed by atoms with Crippen molar-refractivity contribution in [3.8, 4) is 0 Å². The molecule has 1 heterocycles. The first-order chi connectivity index (χ1) is 7.08. The van der Waals surface area contributed by atoms with Gasteiger partial charge in [0.2, 0.25) is 0 Å². The van der Waals surface area contributed by atoms with Crippen LogP contribution in [0.3, 0.4) is 0 Å². The monoisotopic (exact) mass is 209 g/mol. The van der Waals surface area contributed by atoms with Crippen molar-refractivity contribution in [1.82, 2.24) is 4.57 Å². The van der Waals surface area contributed by atoms with E-state index >= 15 is 0 Å². The fourth-order valence-electron chi connectivity index (χ4n) is 2.35. The average molecular weight is 209 g/mol. The highest BCUT2D eigenvalue weighted by molar-refractivity contribution is 5.67. The molecular weight excluding hydrogens is 194 g/mol. The van der Waals surface area contributed by atoms with Crippen LogP contribution < -0.4 is 0 Å². The second-order valence-corrected chi connectivity index (χ2v) is 4.25. The first-order valence-electron chi connectivity index (χ1n) is 5.12. The number of aromatic nitrogens is 1. The predicted octanol–water partition coefficient (Wildman–Crippen LogP) is 1.10. The molecule has 2 N–H and O–H groups in total. The SMILES string of the molecule is Cn1ccc2c1CC(CC(=O)O)CC2O. The molecule has 2 atom stereocenters. The van der Waals surface area contributed by atoms with Crippen molar-refractivity contribution in [2.45, 2.75) is 25.4 Å². The number of aliphatic hydroxyl groups excluding tert-OH is 1. The van der Waals surface area contributed by atoms with Gasteiger partial charge in [0.05, 0.1) is 6.10 Å². The van der Waals surface area contributed by atoms with Gasteiger partial charge in [0.15, 0.2) is 0 Å². The standard InChI is InChI=1S/C11H15NO3/c1-12-3-2-8-9(12)4-7(5-10(8)13)6-11(14)15/h2-3,7,10,13H,4-6H2,1H3,(H,14,15). The fraction of sp³-hybridized carbons (Fsp3) is 0.545. The Morgan fingerprint density at radius 2 is 2.40 bits per heavy atom. The van der Waals surface area contributed by atoms with E-state index in [1.165, 1.54) is 0 Å². The van der Waals surface area contributed by atoms with Crippen molar-refractivity contribution in [2.24, 2.45) is 13.0 Å². The lowest BCUT2D eigenvalue weighted by atomic mass is 9.84. The van der Waals surface area contributed by atoms with Crippen LogP contribution in [0.5, 0.6) is 0 Å². The van der Waals surface area contributed by atoms with Gasteiger partial charge in [0.25, 0.3) is 0 Å². The van der Waals surface area contributed by atoms with E-state index in [4.69, 9.17) is 5.11 Å². The third kappa shape index (κ3) is 1.90. The molecule has 0 saturated heterocycles. The lowest BCUT2D eigenvalue weighted by Crippen LogP contribution is -2.21. The van der Waals surface area contributed by atoms with Gasteiger partial charge >= 0.3 is 5.97 Å². The van der Waals surface area contributed by atoms with Crippen molar-refractivity contribution < 1.29 is 15.0 Å². The van der Waals surface area contributed by atoms with Gasteiger partial charge in [-0.25, -0.2) is 0 Å². The van der Waals surface area contributed by atoms with Crippen molar-refractivity contribution in [3.63, 3.8) is 0 Å². The number of carbonyl (C=O) groups is 1. The number of carboxylic acids is 1. The normalized spacial score (nSPS) is 24.9. The Kier molecular flexibility index (Phi) is 2.52. The van der Waals surface area contributed by atoms with E-state index in [9.17, 15) is 9.90 Å². The van der Waals surface area contributed by atoms with Gasteiger partial charge in [-0.2, -0.15) is 0 Å². The maximum Gasteiger partial charge on any atom is 0.303 e. The molecule has 15 heavy (non-hydrogen) atoms. The van der Waals surface area contributed by atoms with Crippen LogP contribution in [0.2, 0.25) is 0 Å². The molecule has 82 valence electrons. The molecule has 1 aliphatic rings. The molecule has 1 aliphatic carbocycles. The third-order valence-electron chi connectivity index (χ3n) is 3.10. The lowest BCUT2D eigenvalue weighted by molar-refractivity contribution is -0.138. The van der Waals surface area contributed by atoms with Crippen LogP contribution in [0.4, 0.5) is 0 Å². The van der Waals surface area contributed by atoms with Crippen molar-refractivity contribution in [2.75, 3.05) is 0 Å². The molecule has 4 nitrogen and oxygen atoms in total. The minimum Gasteiger partial charge on any atom is -0.481 e. The van der Waals surface area contributed by atoms with Crippen molar-refractivity contribution in [1.29, 1.82) is 0 Å². The molecule has 0 spiro atoms. The minimum atomic E-state index is -0.787. The van der Waals surface area contributed by atoms with Crippen LogP contribution in [-0.2, 0) is 18.3 Å². The number of nitrogens with zero attached hydrogens (tertiary/aromatic N) is 1. The topological polar surface area (TPSA) is 62.5 Å². The van der Waals surface area contributed by atoms with E-state index in [-0.39, 0.29) is 12.3 Å². The number of hydrogen-bond donors (Lipinski definition) is 2. The van der Waals surface area contributed by atoms with E-state index in [2.05, 4.69) is 0 Å². The molecule has 0 aromatic carbocycles. The summed E-state index contributed by atoms with van der Waals surface area (Å²) in [5, 5.41) is 18.6. The molecule has 1 aromatic heterocycles. The van der Waals surface area contributed by atoms with Gasteiger partial charge in [-0.05, 0) is 24.8 Å². The zero-order chi connectivity index (χ0) is 11.0. The van der Waals surface area contributed by atoms with Gasteiger partial charge in [-0.1, -0.05) is 0 Å². The molecule has 1 aromatic rings. The quantitative estimate of drug-likeness (QED) is 0.766. The summed E-state index contributed by atoms with van der Waals surface area (Å²) in [7, 11) is 1.93. The molecule has 0 radical (unpaired) electrons. The third-order valence-corrected chi connectivity index (χ3v) is 3.10. The first kappa shape index (κ1) is 10.2. The van der Waals surface area contributed by atoms with Gasteiger partial charge in [0.1, 0.15) is 0 Å². The number of aliphatic carboxylic acids is 1. The second kappa shape index (κ2) is 3.70. The summed E-state index contributed by atoms with van der Waals surface area (Å²) in [6, 6.07) is 1.91. The Hall–Kier alpha value is -1.29. The van der Waals surface area contributed by atoms with Crippen LogP contribution in [-0.4, -0.2) is 20.7 Å². The van der Waals surface area contributed by atoms with Crippen LogP contribution in [0.1, 0.15) is 30.2 Å². The molecule has 0 fully saturated rings. The first-order valence-corrected chi connectivity index (χ1v) is 5.12. The predicted molar refractivity (Wildman–Crippen MR) is 54.4 cm³/mol. The fourth-order valence-corrected chi connectivity index (χ4v) is 2.35. The summed E-state index contributed by atoms with van der Waals surface area (Å²) in [5.41, 5.74) is 2.03. The Morgan fingerprint density at radius 1 is 1.67 bits per heavy atom. The molecule has 0 amide bonds. The van der Waals surface area contributed by atoms with Gasteiger partial charge in [-0.15, -0.1) is 0 Å². The van der Waals surface area contributed by atoms with Gasteiger partial charge in [-0.3, -0.25) is 4.79 Å². The Bertz CT molecular complexity index is 383. The summed E-state index contributed by atoms with van der Waals surface area (Å²) in [4.78, 5) is 10.6. The highest BCUT2D eigenvalue weighted by Gasteiger charge is 2.28. The van der Waals surface area contributed by atoms with E-state index in [1.54, 1.807) is 0 Å². The molecule has 0 aliphatic heterocycles. The van der Waals surface area contributed by atoms with Crippen molar-refractivity contribution in [3.05, 3.63) is 23.5 Å². The Morgan fingerprint density at radius 3 is 3.07 bits per heavy atom. The molecule has 2 rings (SSSR count). The number of hydrogen-bond acceptors (Lipinski definition) is 2. The van der Waals surface area contributed by atoms with Gasteiger partial charge < -0.3 is 14.8 Å². The summed E-state index contributed by atoms with van der Waals surface area (Å²) in [6.45, 7) is 0. The van der Waals surface area contributed by atoms with E-state index in [1.807, 2.05) is 23.9 Å². The average Bonchev–Trinajstić information content (AvgIpc) is 2.47. The summed E-state index contributed by atoms with van der Waals surface area (Å²) in [5.74, 6) is -0.733. The van der Waals surface area contributed by atoms with E-state index in [0.29, 0.717) is 6.42 Å². The van der Waals surface area contributed by atoms with Crippen LogP contribution in [0.15, 0.2) is 12.3 Å². The molecule has 4 heteroatoms. The molecule has 2 unspecified atom stereocenters. The number of fused-ring (bicyclic) bond motifs is 1. The van der Waals surface area contributed by atoms with Crippen LogP contribution in [0, 0.1) is 5.92 Å². The highest BCUT2D eigenvalue weighted by atomic mass is 16.4. The summed E-state index contributed by atoms with van der Waals surface area (Å²) >= 11 is 0. The van der Waals surface area contributed by atoms with E-state index < -0.39 is 12.1 Å². The summed E-state index contributed by atoms with van der Waals surface area (Å²) < 4.78 is 1.96. The number of aliphatic hydroxyl groups is 1. The maximum atomic E-state index is 10.6. The van der Waals surface area contributed by atoms with Gasteiger partial charge in [0, 0.05) is 30.9 Å². The minimum absolute atomic E-state index is 0.0543. The second-order valence-electron chi connectivity index (χ2n) is 4.25. The zero-order valence-electron chi connectivity index (χ0n) is 8.68. The largest absolute Gasteiger partial charge is 0.481 e. The van der Waals surface area contributed by atoms with Crippen LogP contribution >= 0.6 is 0 Å². The highest BCUT2D eigenvalue weighted by Crippen LogP contribution is 2.34. The zero-order valence-corrected chi connectivity index (χ0v) is 8.68. The number of carboxylic acid groups (broad SMARTS) is 1. The molecule has 0 saturated carbocycles. The Balaban J connectivity index is 2.21. The lowest BCUT2D eigenvalue weighted by Gasteiger charge is -2.26. The van der Waals surface area contributed by atoms with Crippen molar-refractivity contribution >= 4 is 5.97 Å². The summed E-state index contributed by atoms with van der Waals surface area (Å²) in [6.07, 6.45) is 2.86. The maximum absolute atomic E-state index is 10.6. The number of rotatable bonds is 2.